The molecule has 0 fully saturated rings. The van der Waals surface area contributed by atoms with Crippen LogP contribution in [0.4, 0.5) is 58.7 Å². The lowest BCUT2D eigenvalue weighted by molar-refractivity contribution is -0.385. The van der Waals surface area contributed by atoms with E-state index in [4.69, 9.17) is 37.9 Å². The maximum Gasteiger partial charge on any atom is 0.274 e. The van der Waals surface area contributed by atoms with E-state index in [1.807, 2.05) is 104 Å². The van der Waals surface area contributed by atoms with Crippen molar-refractivity contribution in [3.05, 3.63) is 356 Å². The van der Waals surface area contributed by atoms with Crippen LogP contribution in [-0.2, 0) is 47.8 Å². The van der Waals surface area contributed by atoms with Crippen molar-refractivity contribution in [2.24, 2.45) is 0 Å². The Morgan fingerprint density at radius 2 is 0.592 bits per heavy atom. The van der Waals surface area contributed by atoms with Crippen molar-refractivity contribution in [2.45, 2.75) is 126 Å². The molecule has 125 heavy (non-hydrogen) atoms. The van der Waals surface area contributed by atoms with Gasteiger partial charge in [0.25, 0.3) is 17.1 Å². The molecule has 0 N–H and O–H groups in total. The summed E-state index contributed by atoms with van der Waals surface area (Å²) in [6, 6.07) is 63.2. The quantitative estimate of drug-likeness (QED) is 0.0287. The van der Waals surface area contributed by atoms with Crippen molar-refractivity contribution in [2.75, 3.05) is 48.0 Å². The summed E-state index contributed by atoms with van der Waals surface area (Å²) in [5, 5.41) is 46.7. The van der Waals surface area contributed by atoms with Crippen LogP contribution in [0.5, 0.6) is 46.0 Å². The standard InChI is InChI=1S/C47H44N4O7.C26H22F2N2O4.C26H23FN2O4/c1-44(2)36-12-8-10-14-38(36)49(46(44)22-20-32-24-34(48(5)52)26-40(55-6)42(32)57-46)28-30-16-18-31(19-17-30)29-50-39-15-11-9-13-37(39)45(3,4)47(50)23-21-33-25-35(51(53)54)27-41(56-7)43(33)58-47;1-25(2)20-6-4-5-7-22(20)29(15-17-8-9-18(27)13-21(17)28)26(25)11-10-16-12-19(30(31)32)14-23(33-3)24(16)34-26;1-25(2)21-6-4-5-7-22(21)28(16-17-8-10-19(27)11-9-17)26(25)13-12-18-14-20(29(30)31)15-23(32-3)24(18)33-26/h8-27H,5,28-29H2,1-4,6-7H3;4-14H,15H2,1-3H3;4-15H,16H2,1-3H3. The van der Waals surface area contributed by atoms with Crippen molar-refractivity contribution in [1.82, 2.24) is 0 Å². The zero-order chi connectivity index (χ0) is 88.4. The van der Waals surface area contributed by atoms with Crippen LogP contribution in [0, 0.1) is 53.0 Å². The molecule has 19 rings (SSSR count). The summed E-state index contributed by atoms with van der Waals surface area (Å²) in [5.74, 6) is 1.57. The van der Waals surface area contributed by atoms with Gasteiger partial charge in [-0.2, -0.15) is 4.74 Å². The Hall–Kier alpha value is -14.6. The van der Waals surface area contributed by atoms with Crippen LogP contribution in [-0.4, -0.2) is 77.6 Å². The highest BCUT2D eigenvalue weighted by Gasteiger charge is 2.64. The van der Waals surface area contributed by atoms with Crippen molar-refractivity contribution in [1.29, 1.82) is 0 Å². The number of benzene rings is 11. The van der Waals surface area contributed by atoms with Crippen LogP contribution < -0.4 is 57.5 Å². The molecule has 8 heterocycles. The number of ether oxygens (including phenoxy) is 8. The monoisotopic (exact) mass is 1690 g/mol. The maximum atomic E-state index is 14.7. The number of para-hydroxylation sites is 4. The number of nitrogens with zero attached hydrogens (tertiary/aromatic N) is 8. The molecule has 11 aromatic carbocycles. The molecule has 4 unspecified atom stereocenters. The SMILES string of the molecule is C=[N+]([O-])c1cc2c(c(OC)c1)OC1(C=C2)N(Cc2ccc(CN3c4ccccc4C(C)(C)C34C=Cc3cc([N+](=O)[O-])cc(OC)c3O4)cc2)c2ccccc2C1(C)C.COc1cc([N+](=O)[O-])cc2c1OC1(C=C2)N(Cc2ccc(F)cc2)c2ccccc2C1(C)C.COc1cc([N+](=O)[O-])cc2c1OC1(C=C2)N(Cc2ccc(F)cc2F)c2ccccc2C1(C)C. The van der Waals surface area contributed by atoms with Crippen LogP contribution >= 0.6 is 0 Å². The van der Waals surface area contributed by atoms with Gasteiger partial charge in [-0.15, -0.1) is 0 Å². The molecular formula is C99H89F3N8O15. The summed E-state index contributed by atoms with van der Waals surface area (Å²) < 4.78 is 92.3. The van der Waals surface area contributed by atoms with Gasteiger partial charge in [0.2, 0.25) is 28.6 Å². The van der Waals surface area contributed by atoms with Crippen LogP contribution in [0.1, 0.15) is 122 Å². The number of hydrogen-bond donors (Lipinski definition) is 0. The molecular weight excluding hydrogens is 1600 g/mol. The van der Waals surface area contributed by atoms with Crippen LogP contribution in [0.3, 0.4) is 0 Å². The Morgan fingerprint density at radius 3 is 0.864 bits per heavy atom. The van der Waals surface area contributed by atoms with Crippen LogP contribution in [0.15, 0.2) is 237 Å². The summed E-state index contributed by atoms with van der Waals surface area (Å²) in [5.41, 5.74) is 8.34. The molecule has 0 aliphatic carbocycles. The molecule has 4 spiro atoms. The van der Waals surface area contributed by atoms with E-state index in [-0.39, 0.29) is 35.2 Å². The Kier molecular flexibility index (Phi) is 20.2. The Bertz CT molecular complexity index is 6230. The van der Waals surface area contributed by atoms with Gasteiger partial charge in [-0.05, 0) is 185 Å². The van der Waals surface area contributed by atoms with E-state index in [1.54, 1.807) is 37.5 Å². The van der Waals surface area contributed by atoms with Gasteiger partial charge in [-0.1, -0.05) is 115 Å². The topological polar surface area (TPSA) is 242 Å². The first-order valence-electron chi connectivity index (χ1n) is 40.6. The Balaban J connectivity index is 0.000000141. The number of nitro benzene ring substituents is 3. The number of halogens is 3. The van der Waals surface area contributed by atoms with Gasteiger partial charge in [0.15, 0.2) is 46.0 Å². The summed E-state index contributed by atoms with van der Waals surface area (Å²) in [6.45, 7) is 22.2. The minimum Gasteiger partial charge on any atom is -0.619 e. The minimum absolute atomic E-state index is 0.0616. The molecule has 0 saturated carbocycles. The summed E-state index contributed by atoms with van der Waals surface area (Å²) in [4.78, 5) is 41.9. The van der Waals surface area contributed by atoms with Crippen LogP contribution in [0.2, 0.25) is 0 Å². The van der Waals surface area contributed by atoms with E-state index in [1.165, 1.54) is 82.0 Å². The zero-order valence-electron chi connectivity index (χ0n) is 70.7. The number of rotatable bonds is 16. The van der Waals surface area contributed by atoms with Gasteiger partial charge in [-0.3, -0.25) is 30.3 Å². The lowest BCUT2D eigenvalue weighted by atomic mass is 9.76. The average molecular weight is 1690 g/mol. The first-order valence-corrected chi connectivity index (χ1v) is 40.6. The fraction of sp³-hybridized carbons (Fsp3) is 0.242. The van der Waals surface area contributed by atoms with Crippen molar-refractivity contribution in [3.63, 3.8) is 0 Å². The van der Waals surface area contributed by atoms with Gasteiger partial charge in [-0.25, -0.2) is 13.2 Å². The number of anilines is 4. The molecule has 0 bridgehead atoms. The lowest BCUT2D eigenvalue weighted by Crippen LogP contribution is -2.59. The molecule has 4 atom stereocenters. The second kappa shape index (κ2) is 30.5. The third kappa shape index (κ3) is 13.1. The second-order valence-electron chi connectivity index (χ2n) is 34.0. The van der Waals surface area contributed by atoms with Crippen molar-refractivity contribution < 1.29 is 70.6 Å². The van der Waals surface area contributed by atoms with E-state index >= 15 is 0 Å². The molecule has 0 radical (unpaired) electrons. The van der Waals surface area contributed by atoms with E-state index in [0.717, 1.165) is 73.3 Å². The zero-order valence-corrected chi connectivity index (χ0v) is 70.7. The number of fused-ring (bicyclic) bond motifs is 8. The largest absolute Gasteiger partial charge is 0.619 e. The Morgan fingerprint density at radius 1 is 0.336 bits per heavy atom. The summed E-state index contributed by atoms with van der Waals surface area (Å²) >= 11 is 0. The third-order valence-corrected chi connectivity index (χ3v) is 26.0. The summed E-state index contributed by atoms with van der Waals surface area (Å²) in [7, 11) is 5.97. The first-order chi connectivity index (χ1) is 59.7. The molecule has 26 heteroatoms. The predicted molar refractivity (Wildman–Crippen MR) is 474 cm³/mol. The normalized spacial score (nSPS) is 20.3. The fourth-order valence-electron chi connectivity index (χ4n) is 19.2. The molecule has 636 valence electrons. The highest BCUT2D eigenvalue weighted by molar-refractivity contribution is 5.81. The molecule has 0 aromatic heterocycles. The Labute approximate surface area is 720 Å². The lowest BCUT2D eigenvalue weighted by Gasteiger charge is -2.47. The fourth-order valence-corrected chi connectivity index (χ4v) is 19.2. The van der Waals surface area contributed by atoms with Gasteiger partial charge >= 0.3 is 0 Å². The van der Waals surface area contributed by atoms with E-state index in [2.05, 4.69) is 142 Å². The van der Waals surface area contributed by atoms with Crippen molar-refractivity contribution >= 4 is 76.5 Å². The van der Waals surface area contributed by atoms with E-state index < -0.39 is 71.0 Å². The molecule has 0 amide bonds. The van der Waals surface area contributed by atoms with Gasteiger partial charge in [0.1, 0.15) is 24.2 Å². The minimum atomic E-state index is -1.10. The molecule has 11 aromatic rings. The first kappa shape index (κ1) is 82.7. The highest BCUT2D eigenvalue weighted by Crippen LogP contribution is 2.63. The van der Waals surface area contributed by atoms with Gasteiger partial charge < -0.3 is 62.7 Å². The molecule has 8 aliphatic rings. The molecule has 23 nitrogen and oxygen atoms in total. The number of methoxy groups -OCH3 is 4. The van der Waals surface area contributed by atoms with Gasteiger partial charge in [0.05, 0.1) is 89.1 Å². The van der Waals surface area contributed by atoms with Crippen molar-refractivity contribution in [3.8, 4) is 46.0 Å². The predicted octanol–water partition coefficient (Wildman–Crippen LogP) is 21.5. The highest BCUT2D eigenvalue weighted by atomic mass is 19.1. The number of hydrogen-bond acceptors (Lipinski definition) is 19. The maximum absolute atomic E-state index is 14.7. The smallest absolute Gasteiger partial charge is 0.274 e. The van der Waals surface area contributed by atoms with Gasteiger partial charge in [0, 0.05) is 107 Å². The summed E-state index contributed by atoms with van der Waals surface area (Å²) in [6.07, 6.45) is 15.5. The average Bonchev–Trinajstić information content (AvgIpc) is 1.57. The van der Waals surface area contributed by atoms with E-state index in [0.29, 0.717) is 92.6 Å². The number of non-ortho nitro benzene ring substituents is 3. The molecule has 0 saturated heterocycles. The number of nitro groups is 3. The van der Waals surface area contributed by atoms with Crippen LogP contribution in [0.25, 0.3) is 24.3 Å². The van der Waals surface area contributed by atoms with E-state index in [9.17, 15) is 48.7 Å². The third-order valence-electron chi connectivity index (χ3n) is 26.0. The second-order valence-corrected chi connectivity index (χ2v) is 34.0. The molecule has 8 aliphatic heterocycles.